The molecule has 0 spiro atoms. The van der Waals surface area contributed by atoms with E-state index in [1.807, 2.05) is 43.3 Å². The van der Waals surface area contributed by atoms with Crippen LogP contribution in [0.3, 0.4) is 0 Å². The molecule has 0 aliphatic carbocycles. The van der Waals surface area contributed by atoms with Crippen LogP contribution in [-0.4, -0.2) is 12.5 Å². The third-order valence-corrected chi connectivity index (χ3v) is 4.23. The lowest BCUT2D eigenvalue weighted by Crippen LogP contribution is -2.30. The van der Waals surface area contributed by atoms with Crippen molar-refractivity contribution < 1.29 is 4.79 Å². The summed E-state index contributed by atoms with van der Waals surface area (Å²) < 4.78 is 0. The SMILES string of the molecule is CCc1ccc(C(=O)N(CC)c2ccccc2N)s1. The minimum Gasteiger partial charge on any atom is -0.397 e. The van der Waals surface area contributed by atoms with Gasteiger partial charge in [-0.3, -0.25) is 4.79 Å². The van der Waals surface area contributed by atoms with Gasteiger partial charge in [0.05, 0.1) is 16.3 Å². The van der Waals surface area contributed by atoms with Crippen molar-refractivity contribution in [1.82, 2.24) is 0 Å². The zero-order valence-electron chi connectivity index (χ0n) is 11.2. The van der Waals surface area contributed by atoms with Gasteiger partial charge in [-0.25, -0.2) is 0 Å². The van der Waals surface area contributed by atoms with Gasteiger partial charge in [-0.05, 0) is 37.6 Å². The molecule has 0 saturated carbocycles. The van der Waals surface area contributed by atoms with E-state index in [0.29, 0.717) is 12.2 Å². The Morgan fingerprint density at radius 3 is 2.53 bits per heavy atom. The summed E-state index contributed by atoms with van der Waals surface area (Å²) >= 11 is 1.55. The minimum absolute atomic E-state index is 0.0186. The van der Waals surface area contributed by atoms with Gasteiger partial charge in [-0.2, -0.15) is 0 Å². The molecule has 3 nitrogen and oxygen atoms in total. The molecule has 1 heterocycles. The van der Waals surface area contributed by atoms with E-state index < -0.39 is 0 Å². The van der Waals surface area contributed by atoms with E-state index >= 15 is 0 Å². The number of anilines is 2. The van der Waals surface area contributed by atoms with Gasteiger partial charge in [0.1, 0.15) is 0 Å². The highest BCUT2D eigenvalue weighted by Crippen LogP contribution is 2.26. The number of aryl methyl sites for hydroxylation is 1. The molecule has 2 N–H and O–H groups in total. The summed E-state index contributed by atoms with van der Waals surface area (Å²) in [5, 5.41) is 0. The van der Waals surface area contributed by atoms with Crippen molar-refractivity contribution >= 4 is 28.6 Å². The smallest absolute Gasteiger partial charge is 0.268 e. The number of carbonyl (C=O) groups excluding carboxylic acids is 1. The molecule has 0 aliphatic rings. The largest absolute Gasteiger partial charge is 0.397 e. The van der Waals surface area contributed by atoms with Crippen molar-refractivity contribution in [3.63, 3.8) is 0 Å². The number of carbonyl (C=O) groups is 1. The molecule has 0 saturated heterocycles. The van der Waals surface area contributed by atoms with Crippen LogP contribution in [0.5, 0.6) is 0 Å². The lowest BCUT2D eigenvalue weighted by molar-refractivity contribution is 0.0992. The number of hydrogen-bond acceptors (Lipinski definition) is 3. The van der Waals surface area contributed by atoms with Crippen LogP contribution in [-0.2, 0) is 6.42 Å². The highest BCUT2D eigenvalue weighted by molar-refractivity contribution is 7.14. The second kappa shape index (κ2) is 5.89. The molecule has 0 atom stereocenters. The summed E-state index contributed by atoms with van der Waals surface area (Å²) in [5.41, 5.74) is 7.36. The summed E-state index contributed by atoms with van der Waals surface area (Å²) in [6, 6.07) is 11.4. The topological polar surface area (TPSA) is 46.3 Å². The monoisotopic (exact) mass is 274 g/mol. The van der Waals surface area contributed by atoms with E-state index in [1.54, 1.807) is 16.2 Å². The van der Waals surface area contributed by atoms with Crippen molar-refractivity contribution in [3.05, 3.63) is 46.2 Å². The number of nitrogen functional groups attached to an aromatic ring is 1. The normalized spacial score (nSPS) is 10.4. The Hall–Kier alpha value is -1.81. The number of thiophene rings is 1. The minimum atomic E-state index is 0.0186. The summed E-state index contributed by atoms with van der Waals surface area (Å²) in [7, 11) is 0. The molecule has 1 amide bonds. The Morgan fingerprint density at radius 1 is 1.21 bits per heavy atom. The zero-order valence-corrected chi connectivity index (χ0v) is 12.0. The number of para-hydroxylation sites is 2. The first-order valence-corrected chi connectivity index (χ1v) is 7.24. The molecule has 1 aromatic heterocycles. The number of benzene rings is 1. The maximum absolute atomic E-state index is 12.5. The fourth-order valence-electron chi connectivity index (χ4n) is 1.97. The van der Waals surface area contributed by atoms with Crippen molar-refractivity contribution in [2.24, 2.45) is 0 Å². The van der Waals surface area contributed by atoms with Crippen molar-refractivity contribution in [2.45, 2.75) is 20.3 Å². The number of amides is 1. The lowest BCUT2D eigenvalue weighted by Gasteiger charge is -2.21. The Bertz CT molecular complexity index is 577. The van der Waals surface area contributed by atoms with Crippen molar-refractivity contribution in [2.75, 3.05) is 17.2 Å². The van der Waals surface area contributed by atoms with Crippen molar-refractivity contribution in [1.29, 1.82) is 0 Å². The summed E-state index contributed by atoms with van der Waals surface area (Å²) in [5.74, 6) is 0.0186. The Balaban J connectivity index is 2.32. The zero-order chi connectivity index (χ0) is 13.8. The van der Waals surface area contributed by atoms with Gasteiger partial charge in [-0.1, -0.05) is 19.1 Å². The number of rotatable bonds is 4. The van der Waals surface area contributed by atoms with Crippen molar-refractivity contribution in [3.8, 4) is 0 Å². The number of hydrogen-bond donors (Lipinski definition) is 1. The molecule has 1 aromatic carbocycles. The molecular weight excluding hydrogens is 256 g/mol. The molecule has 19 heavy (non-hydrogen) atoms. The first-order chi connectivity index (χ1) is 9.17. The standard InChI is InChI=1S/C15H18N2OS/c1-3-11-9-10-14(19-11)15(18)17(4-2)13-8-6-5-7-12(13)16/h5-10H,3-4,16H2,1-2H3. The molecular formula is C15H18N2OS. The quantitative estimate of drug-likeness (QED) is 0.866. The maximum atomic E-state index is 12.5. The van der Waals surface area contributed by atoms with Crippen LogP contribution >= 0.6 is 11.3 Å². The van der Waals surface area contributed by atoms with Crippen LogP contribution in [0, 0.1) is 0 Å². The highest BCUT2D eigenvalue weighted by atomic mass is 32.1. The molecule has 2 rings (SSSR count). The van der Waals surface area contributed by atoms with Gasteiger partial charge < -0.3 is 10.6 Å². The third kappa shape index (κ3) is 2.79. The van der Waals surface area contributed by atoms with Gasteiger partial charge >= 0.3 is 0 Å². The first kappa shape index (κ1) is 13.6. The van der Waals surface area contributed by atoms with Crippen LogP contribution in [0.1, 0.15) is 28.4 Å². The third-order valence-electron chi connectivity index (χ3n) is 3.01. The molecule has 2 aromatic rings. The summed E-state index contributed by atoms with van der Waals surface area (Å²) in [6.45, 7) is 4.65. The van der Waals surface area contributed by atoms with Crippen LogP contribution in [0.4, 0.5) is 11.4 Å². The van der Waals surface area contributed by atoms with Crippen LogP contribution in [0.2, 0.25) is 0 Å². The Morgan fingerprint density at radius 2 is 1.95 bits per heavy atom. The van der Waals surface area contributed by atoms with Gasteiger partial charge in [0.15, 0.2) is 0 Å². The van der Waals surface area contributed by atoms with E-state index in [4.69, 9.17) is 5.73 Å². The van der Waals surface area contributed by atoms with Gasteiger partial charge in [0, 0.05) is 11.4 Å². The maximum Gasteiger partial charge on any atom is 0.268 e. The second-order valence-electron chi connectivity index (χ2n) is 4.23. The van der Waals surface area contributed by atoms with Gasteiger partial charge in [0.2, 0.25) is 0 Å². The van der Waals surface area contributed by atoms with Gasteiger partial charge in [-0.15, -0.1) is 11.3 Å². The van der Waals surface area contributed by atoms with E-state index in [-0.39, 0.29) is 5.91 Å². The second-order valence-corrected chi connectivity index (χ2v) is 5.40. The van der Waals surface area contributed by atoms with E-state index in [0.717, 1.165) is 17.0 Å². The average Bonchev–Trinajstić information content (AvgIpc) is 2.90. The number of nitrogens with two attached hydrogens (primary N) is 1. The molecule has 4 heteroatoms. The highest BCUT2D eigenvalue weighted by Gasteiger charge is 2.19. The fraction of sp³-hybridized carbons (Fsp3) is 0.267. The van der Waals surface area contributed by atoms with E-state index in [1.165, 1.54) is 4.88 Å². The lowest BCUT2D eigenvalue weighted by atomic mass is 10.2. The van der Waals surface area contributed by atoms with Gasteiger partial charge in [0.25, 0.3) is 5.91 Å². The molecule has 0 bridgehead atoms. The first-order valence-electron chi connectivity index (χ1n) is 6.42. The Labute approximate surface area is 117 Å². The summed E-state index contributed by atoms with van der Waals surface area (Å²) in [4.78, 5) is 16.2. The van der Waals surface area contributed by atoms with Crippen LogP contribution in [0.25, 0.3) is 0 Å². The molecule has 0 radical (unpaired) electrons. The fourth-order valence-corrected chi connectivity index (χ4v) is 2.87. The predicted octanol–water partition coefficient (Wildman–Crippen LogP) is 3.56. The van der Waals surface area contributed by atoms with Crippen LogP contribution < -0.4 is 10.6 Å². The van der Waals surface area contributed by atoms with Crippen LogP contribution in [0.15, 0.2) is 36.4 Å². The predicted molar refractivity (Wildman–Crippen MR) is 81.9 cm³/mol. The molecule has 100 valence electrons. The molecule has 0 fully saturated rings. The summed E-state index contributed by atoms with van der Waals surface area (Å²) in [6.07, 6.45) is 0.956. The Kier molecular flexibility index (Phi) is 4.22. The molecule has 0 aliphatic heterocycles. The average molecular weight is 274 g/mol. The van der Waals surface area contributed by atoms with E-state index in [9.17, 15) is 4.79 Å². The number of nitrogens with zero attached hydrogens (tertiary/aromatic N) is 1. The van der Waals surface area contributed by atoms with E-state index in [2.05, 4.69) is 6.92 Å². The molecule has 0 unspecified atom stereocenters.